The van der Waals surface area contributed by atoms with Gasteiger partial charge in [0, 0.05) is 17.7 Å². The minimum Gasteiger partial charge on any atom is -0.466 e. The van der Waals surface area contributed by atoms with E-state index in [4.69, 9.17) is 27.4 Å². The molecule has 0 amide bonds. The first-order valence-corrected chi connectivity index (χ1v) is 7.56. The standard InChI is InChI=1S/C15H15N3O7S/c1-23-14(19)10-6-25-7-17(12(10)15(20)24-2)11-4-3-8(18(21)22)5-9(11)13(16)26/h3-5H,6-7H2,1-2H3,(H2,16,26). The third-order valence-corrected chi connectivity index (χ3v) is 3.80. The van der Waals surface area contributed by atoms with E-state index in [1.807, 2.05) is 0 Å². The number of esters is 2. The molecule has 1 aliphatic rings. The van der Waals surface area contributed by atoms with E-state index in [0.29, 0.717) is 0 Å². The molecule has 0 aliphatic carbocycles. The van der Waals surface area contributed by atoms with Crippen LogP contribution in [0.4, 0.5) is 11.4 Å². The van der Waals surface area contributed by atoms with Crippen LogP contribution in [0.15, 0.2) is 29.5 Å². The maximum absolute atomic E-state index is 12.3. The lowest BCUT2D eigenvalue weighted by Crippen LogP contribution is -2.39. The van der Waals surface area contributed by atoms with Crippen molar-refractivity contribution in [3.8, 4) is 0 Å². The fourth-order valence-corrected chi connectivity index (χ4v) is 2.57. The van der Waals surface area contributed by atoms with Crippen LogP contribution in [0.5, 0.6) is 0 Å². The van der Waals surface area contributed by atoms with Crippen LogP contribution in [-0.2, 0) is 23.8 Å². The lowest BCUT2D eigenvalue weighted by molar-refractivity contribution is -0.384. The largest absolute Gasteiger partial charge is 0.466 e. The average Bonchev–Trinajstić information content (AvgIpc) is 2.65. The molecular weight excluding hydrogens is 366 g/mol. The first-order chi connectivity index (χ1) is 12.3. The molecule has 0 saturated heterocycles. The average molecular weight is 381 g/mol. The van der Waals surface area contributed by atoms with Crippen LogP contribution >= 0.6 is 12.2 Å². The number of ether oxygens (including phenoxy) is 3. The molecule has 0 spiro atoms. The van der Waals surface area contributed by atoms with E-state index in [9.17, 15) is 19.7 Å². The maximum Gasteiger partial charge on any atom is 0.355 e. The van der Waals surface area contributed by atoms with Gasteiger partial charge in [-0.15, -0.1) is 0 Å². The van der Waals surface area contributed by atoms with E-state index < -0.39 is 16.9 Å². The molecule has 26 heavy (non-hydrogen) atoms. The number of rotatable bonds is 5. The number of hydrogen-bond donors (Lipinski definition) is 1. The van der Waals surface area contributed by atoms with Gasteiger partial charge in [0.05, 0.1) is 37.0 Å². The van der Waals surface area contributed by atoms with E-state index in [1.54, 1.807) is 0 Å². The van der Waals surface area contributed by atoms with Crippen molar-refractivity contribution in [2.75, 3.05) is 32.5 Å². The Hall–Kier alpha value is -3.05. The zero-order valence-electron chi connectivity index (χ0n) is 13.9. The van der Waals surface area contributed by atoms with Crippen molar-refractivity contribution < 1.29 is 28.7 Å². The molecule has 138 valence electrons. The minimum absolute atomic E-state index is 0.0576. The first kappa shape index (κ1) is 19.3. The van der Waals surface area contributed by atoms with Gasteiger partial charge in [0.25, 0.3) is 5.69 Å². The number of methoxy groups -OCH3 is 2. The summed E-state index contributed by atoms with van der Waals surface area (Å²) in [5.74, 6) is -1.57. The molecule has 1 aliphatic heterocycles. The fraction of sp³-hybridized carbons (Fsp3) is 0.267. The second kappa shape index (κ2) is 7.89. The van der Waals surface area contributed by atoms with Crippen LogP contribution in [0.3, 0.4) is 0 Å². The van der Waals surface area contributed by atoms with E-state index in [0.717, 1.165) is 14.2 Å². The molecule has 0 radical (unpaired) electrons. The highest BCUT2D eigenvalue weighted by molar-refractivity contribution is 7.80. The summed E-state index contributed by atoms with van der Waals surface area (Å²) in [7, 11) is 2.32. The lowest BCUT2D eigenvalue weighted by atomic mass is 10.1. The Bertz CT molecular complexity index is 821. The Labute approximate surface area is 153 Å². The van der Waals surface area contributed by atoms with Gasteiger partial charge in [-0.2, -0.15) is 0 Å². The Kier molecular flexibility index (Phi) is 5.85. The van der Waals surface area contributed by atoms with Crippen molar-refractivity contribution in [3.05, 3.63) is 45.1 Å². The zero-order chi connectivity index (χ0) is 19.4. The molecule has 0 fully saturated rings. The fourth-order valence-electron chi connectivity index (χ4n) is 2.40. The molecular formula is C15H15N3O7S. The molecule has 0 unspecified atom stereocenters. The Morgan fingerprint density at radius 2 is 1.96 bits per heavy atom. The lowest BCUT2D eigenvalue weighted by Gasteiger charge is -2.32. The number of nitrogens with zero attached hydrogens (tertiary/aromatic N) is 2. The molecule has 0 atom stereocenters. The van der Waals surface area contributed by atoms with Crippen LogP contribution in [0.25, 0.3) is 0 Å². The van der Waals surface area contributed by atoms with E-state index >= 15 is 0 Å². The number of nitrogens with two attached hydrogens (primary N) is 1. The third-order valence-electron chi connectivity index (χ3n) is 3.58. The SMILES string of the molecule is COC(=O)C1=C(C(=O)OC)N(c2ccc([N+](=O)[O-])cc2C(N)=S)COC1. The smallest absolute Gasteiger partial charge is 0.355 e. The highest BCUT2D eigenvalue weighted by Gasteiger charge is 2.34. The molecule has 11 heteroatoms. The highest BCUT2D eigenvalue weighted by atomic mass is 32.1. The van der Waals surface area contributed by atoms with Crippen LogP contribution in [0.1, 0.15) is 5.56 Å². The topological polar surface area (TPSA) is 134 Å². The van der Waals surface area contributed by atoms with Crippen LogP contribution in [-0.4, -0.2) is 49.4 Å². The van der Waals surface area contributed by atoms with Gasteiger partial charge in [0.2, 0.25) is 0 Å². The number of non-ortho nitro benzene ring substituents is 1. The normalized spacial score (nSPS) is 14.0. The number of thiocarbonyl (C=S) groups is 1. The van der Waals surface area contributed by atoms with Gasteiger partial charge in [-0.25, -0.2) is 9.59 Å². The van der Waals surface area contributed by atoms with E-state index in [2.05, 4.69) is 4.74 Å². The molecule has 0 aromatic heterocycles. The quantitative estimate of drug-likeness (QED) is 0.335. The van der Waals surface area contributed by atoms with Crippen LogP contribution in [0.2, 0.25) is 0 Å². The van der Waals surface area contributed by atoms with Gasteiger partial charge in [-0.1, -0.05) is 12.2 Å². The highest BCUT2D eigenvalue weighted by Crippen LogP contribution is 2.31. The summed E-state index contributed by atoms with van der Waals surface area (Å²) < 4.78 is 14.8. The summed E-state index contributed by atoms with van der Waals surface area (Å²) in [5.41, 5.74) is 5.68. The maximum atomic E-state index is 12.3. The van der Waals surface area contributed by atoms with Gasteiger partial charge in [0.15, 0.2) is 0 Å². The van der Waals surface area contributed by atoms with Gasteiger partial charge < -0.3 is 24.8 Å². The van der Waals surface area contributed by atoms with Crippen molar-refractivity contribution in [1.82, 2.24) is 0 Å². The minimum atomic E-state index is -0.805. The molecule has 2 N–H and O–H groups in total. The summed E-state index contributed by atoms with van der Waals surface area (Å²) in [6, 6.07) is 3.76. The molecule has 1 aromatic rings. The second-order valence-corrected chi connectivity index (χ2v) is 5.48. The molecule has 2 rings (SSSR count). The Morgan fingerprint density at radius 1 is 1.31 bits per heavy atom. The summed E-state index contributed by atoms with van der Waals surface area (Å²) in [6.07, 6.45) is 0. The van der Waals surface area contributed by atoms with Crippen molar-refractivity contribution in [2.24, 2.45) is 5.73 Å². The monoisotopic (exact) mass is 381 g/mol. The number of nitro groups is 1. The van der Waals surface area contributed by atoms with Gasteiger partial charge in [-0.05, 0) is 6.07 Å². The van der Waals surface area contributed by atoms with Gasteiger partial charge >= 0.3 is 11.9 Å². The van der Waals surface area contributed by atoms with Crippen molar-refractivity contribution >= 4 is 40.5 Å². The second-order valence-electron chi connectivity index (χ2n) is 5.04. The van der Waals surface area contributed by atoms with Crippen molar-refractivity contribution in [1.29, 1.82) is 0 Å². The van der Waals surface area contributed by atoms with Gasteiger partial charge in [-0.3, -0.25) is 10.1 Å². The molecule has 1 heterocycles. The summed E-state index contributed by atoms with van der Waals surface area (Å²) in [6.45, 7) is -0.290. The van der Waals surface area contributed by atoms with Crippen molar-refractivity contribution in [2.45, 2.75) is 0 Å². The van der Waals surface area contributed by atoms with E-state index in [1.165, 1.54) is 23.1 Å². The summed E-state index contributed by atoms with van der Waals surface area (Å²) in [5, 5.41) is 11.0. The number of benzene rings is 1. The first-order valence-electron chi connectivity index (χ1n) is 7.15. The number of nitro benzene ring substituents is 1. The van der Waals surface area contributed by atoms with Crippen LogP contribution in [0, 0.1) is 10.1 Å². The summed E-state index contributed by atoms with van der Waals surface area (Å²) >= 11 is 4.97. The Morgan fingerprint density at radius 3 is 2.50 bits per heavy atom. The third kappa shape index (κ3) is 3.63. The predicted octanol–water partition coefficient (Wildman–Crippen LogP) is 0.623. The van der Waals surface area contributed by atoms with Crippen molar-refractivity contribution in [3.63, 3.8) is 0 Å². The zero-order valence-corrected chi connectivity index (χ0v) is 14.7. The molecule has 1 aromatic carbocycles. The van der Waals surface area contributed by atoms with Gasteiger partial charge in [0.1, 0.15) is 17.4 Å². The van der Waals surface area contributed by atoms with E-state index in [-0.39, 0.29) is 46.5 Å². The number of hydrogen-bond acceptors (Lipinski definition) is 9. The number of carbonyl (C=O) groups excluding carboxylic acids is 2. The summed E-state index contributed by atoms with van der Waals surface area (Å²) in [4.78, 5) is 35.9. The number of carbonyl (C=O) groups is 2. The number of anilines is 1. The van der Waals surface area contributed by atoms with Crippen LogP contribution < -0.4 is 10.6 Å². The molecule has 0 saturated carbocycles. The predicted molar refractivity (Wildman–Crippen MR) is 93.3 cm³/mol. The molecule has 0 bridgehead atoms. The molecule has 10 nitrogen and oxygen atoms in total. The Balaban J connectivity index is 2.68.